The molecule has 0 aliphatic carbocycles. The van der Waals surface area contributed by atoms with Crippen molar-refractivity contribution in [2.45, 2.75) is 44.7 Å². The highest BCUT2D eigenvalue weighted by Gasteiger charge is 2.34. The smallest absolute Gasteiger partial charge is 0.323 e. The molecule has 0 unspecified atom stereocenters. The van der Waals surface area contributed by atoms with Gasteiger partial charge in [0.1, 0.15) is 6.04 Å². The summed E-state index contributed by atoms with van der Waals surface area (Å²) in [5.41, 5.74) is 1.42. The maximum Gasteiger partial charge on any atom is 0.323 e. The minimum Gasteiger partial charge on any atom is -0.468 e. The lowest BCUT2D eigenvalue weighted by atomic mass is 10.1. The van der Waals surface area contributed by atoms with E-state index < -0.39 is 0 Å². The van der Waals surface area contributed by atoms with E-state index in [1.807, 2.05) is 20.9 Å². The van der Waals surface area contributed by atoms with Gasteiger partial charge in [-0.15, -0.1) is 11.3 Å². The number of esters is 1. The number of likely N-dealkylation sites (tertiary alicyclic amines) is 2. The van der Waals surface area contributed by atoms with Gasteiger partial charge in [-0.1, -0.05) is 0 Å². The van der Waals surface area contributed by atoms with Gasteiger partial charge in [-0.3, -0.25) is 18.9 Å². The fourth-order valence-electron chi connectivity index (χ4n) is 4.01. The van der Waals surface area contributed by atoms with Crippen molar-refractivity contribution in [3.8, 4) is 0 Å². The van der Waals surface area contributed by atoms with Crippen LogP contribution in [0.1, 0.15) is 48.3 Å². The van der Waals surface area contributed by atoms with Crippen LogP contribution in [0.5, 0.6) is 0 Å². The summed E-state index contributed by atoms with van der Waals surface area (Å²) in [5.74, 6) is -0.179. The van der Waals surface area contributed by atoms with Crippen molar-refractivity contribution in [1.29, 1.82) is 0 Å². The van der Waals surface area contributed by atoms with Gasteiger partial charge in [0.25, 0.3) is 5.91 Å². The molecular weight excluding hydrogens is 352 g/mol. The van der Waals surface area contributed by atoms with E-state index >= 15 is 0 Å². The molecule has 0 N–H and O–H groups in total. The van der Waals surface area contributed by atoms with Gasteiger partial charge in [0.2, 0.25) is 0 Å². The minimum atomic E-state index is -0.234. The topological polar surface area (TPSA) is 67.2 Å². The van der Waals surface area contributed by atoms with E-state index in [9.17, 15) is 9.59 Å². The van der Waals surface area contributed by atoms with Crippen LogP contribution in [0, 0.1) is 0 Å². The van der Waals surface area contributed by atoms with Crippen molar-refractivity contribution < 1.29 is 14.3 Å². The number of hydrogen-bond donors (Lipinski definition) is 0. The van der Waals surface area contributed by atoms with Crippen LogP contribution in [0.2, 0.25) is 0 Å². The fourth-order valence-corrected chi connectivity index (χ4v) is 4.75. The first-order valence-electron chi connectivity index (χ1n) is 9.24. The third-order valence-electron chi connectivity index (χ3n) is 5.40. The Bertz CT molecular complexity index is 809. The molecule has 0 bridgehead atoms. The molecule has 140 valence electrons. The predicted octanol–water partition coefficient (Wildman–Crippen LogP) is 2.16. The molecule has 0 aromatic carbocycles. The molecule has 2 aliphatic heterocycles. The molecule has 2 fully saturated rings. The highest BCUT2D eigenvalue weighted by molar-refractivity contribution is 7.15. The molecule has 2 aromatic rings. The number of ether oxygens (including phenoxy) is 1. The number of piperidine rings is 1. The molecule has 2 aromatic heterocycles. The van der Waals surface area contributed by atoms with Crippen LogP contribution in [0.25, 0.3) is 4.96 Å². The maximum atomic E-state index is 13.1. The van der Waals surface area contributed by atoms with Crippen molar-refractivity contribution in [3.63, 3.8) is 0 Å². The van der Waals surface area contributed by atoms with Crippen molar-refractivity contribution in [3.05, 3.63) is 23.0 Å². The summed E-state index contributed by atoms with van der Waals surface area (Å²) in [6.07, 6.45) is 7.01. The number of hydrogen-bond acceptors (Lipinski definition) is 6. The molecule has 1 amide bonds. The van der Waals surface area contributed by atoms with E-state index in [0.29, 0.717) is 12.2 Å². The summed E-state index contributed by atoms with van der Waals surface area (Å²) in [6, 6.07) is -0.234. The number of rotatable bonds is 4. The van der Waals surface area contributed by atoms with E-state index in [0.717, 1.165) is 56.0 Å². The predicted molar refractivity (Wildman–Crippen MR) is 98.3 cm³/mol. The zero-order valence-electron chi connectivity index (χ0n) is 15.0. The Balaban J connectivity index is 1.64. The second-order valence-electron chi connectivity index (χ2n) is 6.97. The van der Waals surface area contributed by atoms with E-state index in [-0.39, 0.29) is 17.9 Å². The molecule has 26 heavy (non-hydrogen) atoms. The van der Waals surface area contributed by atoms with Crippen LogP contribution in [0.4, 0.5) is 0 Å². The summed E-state index contributed by atoms with van der Waals surface area (Å²) in [4.78, 5) is 34.6. The van der Waals surface area contributed by atoms with Crippen molar-refractivity contribution in [2.75, 3.05) is 26.7 Å². The highest BCUT2D eigenvalue weighted by atomic mass is 32.1. The number of methoxy groups -OCH3 is 1. The molecule has 4 heterocycles. The molecule has 0 spiro atoms. The Kier molecular flexibility index (Phi) is 4.95. The number of carbonyl (C=O) groups is 2. The summed E-state index contributed by atoms with van der Waals surface area (Å²) >= 11 is 1.53. The van der Waals surface area contributed by atoms with Crippen LogP contribution < -0.4 is 0 Å². The largest absolute Gasteiger partial charge is 0.468 e. The molecule has 7 nitrogen and oxygen atoms in total. The van der Waals surface area contributed by atoms with Gasteiger partial charge < -0.3 is 9.64 Å². The first-order valence-corrected chi connectivity index (χ1v) is 10.1. The first kappa shape index (κ1) is 17.5. The normalized spacial score (nSPS) is 21.4. The zero-order valence-corrected chi connectivity index (χ0v) is 15.8. The van der Waals surface area contributed by atoms with E-state index in [1.54, 1.807) is 0 Å². The van der Waals surface area contributed by atoms with Gasteiger partial charge in [-0.2, -0.15) is 0 Å². The maximum absolute atomic E-state index is 13.1. The lowest BCUT2D eigenvalue weighted by Crippen LogP contribution is -2.39. The monoisotopic (exact) mass is 376 g/mol. The summed E-state index contributed by atoms with van der Waals surface area (Å²) in [6.45, 7) is 2.97. The fraction of sp³-hybridized carbons (Fsp3) is 0.611. The molecule has 8 heteroatoms. The number of imidazole rings is 1. The van der Waals surface area contributed by atoms with Crippen LogP contribution >= 0.6 is 11.3 Å². The quantitative estimate of drug-likeness (QED) is 0.765. The summed E-state index contributed by atoms with van der Waals surface area (Å²) in [5, 5.41) is 1.97. The van der Waals surface area contributed by atoms with Crippen molar-refractivity contribution in [2.24, 2.45) is 0 Å². The van der Waals surface area contributed by atoms with E-state index in [4.69, 9.17) is 4.74 Å². The number of aromatic nitrogens is 2. The Morgan fingerprint density at radius 3 is 2.81 bits per heavy atom. The molecule has 1 atom stereocenters. The number of nitrogens with zero attached hydrogens (tertiary/aromatic N) is 4. The van der Waals surface area contributed by atoms with Crippen LogP contribution in [-0.4, -0.2) is 63.8 Å². The van der Waals surface area contributed by atoms with Gasteiger partial charge in [0, 0.05) is 31.2 Å². The molecular formula is C18H24N4O3S. The lowest BCUT2D eigenvalue weighted by molar-refractivity contribution is -0.146. The molecule has 2 aliphatic rings. The third kappa shape index (κ3) is 3.12. The Morgan fingerprint density at radius 1 is 1.23 bits per heavy atom. The summed E-state index contributed by atoms with van der Waals surface area (Å²) < 4.78 is 6.95. The highest BCUT2D eigenvalue weighted by Crippen LogP contribution is 2.26. The Hall–Kier alpha value is -1.93. The SMILES string of the molecule is COC(=O)[C@@H]1CCCN1Cc1c(C(=O)N2CCCCC2)nc2sccn12. The van der Waals surface area contributed by atoms with E-state index in [2.05, 4.69) is 9.88 Å². The first-order chi connectivity index (χ1) is 12.7. The molecule has 0 saturated carbocycles. The van der Waals surface area contributed by atoms with Crippen LogP contribution in [-0.2, 0) is 16.1 Å². The lowest BCUT2D eigenvalue weighted by Gasteiger charge is -2.27. The Labute approximate surface area is 156 Å². The second kappa shape index (κ2) is 7.36. The van der Waals surface area contributed by atoms with E-state index in [1.165, 1.54) is 24.9 Å². The average molecular weight is 376 g/mol. The van der Waals surface area contributed by atoms with Gasteiger partial charge >= 0.3 is 5.97 Å². The Morgan fingerprint density at radius 2 is 2.04 bits per heavy atom. The number of carbonyl (C=O) groups excluding carboxylic acids is 2. The minimum absolute atomic E-state index is 0.0180. The van der Waals surface area contributed by atoms with Crippen molar-refractivity contribution in [1.82, 2.24) is 19.2 Å². The van der Waals surface area contributed by atoms with Gasteiger partial charge in [-0.05, 0) is 38.6 Å². The van der Waals surface area contributed by atoms with Crippen molar-refractivity contribution >= 4 is 28.2 Å². The van der Waals surface area contributed by atoms with Gasteiger partial charge in [0.05, 0.1) is 12.8 Å². The molecule has 4 rings (SSSR count). The number of amides is 1. The van der Waals surface area contributed by atoms with Crippen LogP contribution in [0.3, 0.4) is 0 Å². The average Bonchev–Trinajstić information content (AvgIpc) is 3.39. The third-order valence-corrected chi connectivity index (χ3v) is 6.15. The van der Waals surface area contributed by atoms with Gasteiger partial charge in [-0.25, -0.2) is 4.98 Å². The standard InChI is InChI=1S/C18H24N4O3S/c1-25-17(24)13-6-5-9-21(13)12-14-15(19-18-22(14)10-11-26-18)16(23)20-7-3-2-4-8-20/h10-11,13H,2-9,12H2,1H3/t13-/m0/s1. The van der Waals surface area contributed by atoms with Gasteiger partial charge in [0.15, 0.2) is 10.7 Å². The zero-order chi connectivity index (χ0) is 18.1. The molecule has 2 saturated heterocycles. The number of fused-ring (bicyclic) bond motifs is 1. The number of thiazole rings is 1. The summed E-state index contributed by atoms with van der Waals surface area (Å²) in [7, 11) is 1.43. The van der Waals surface area contributed by atoms with Crippen LogP contribution in [0.15, 0.2) is 11.6 Å². The molecule has 0 radical (unpaired) electrons. The second-order valence-corrected chi connectivity index (χ2v) is 7.84.